The Morgan fingerprint density at radius 1 is 1.47 bits per heavy atom. The number of carbonyl (C=O) groups excluding carboxylic acids is 1. The smallest absolute Gasteiger partial charge is 0.416 e. The molecular weight excluding hydrogens is 218 g/mol. The minimum absolute atomic E-state index is 0.0164. The maximum Gasteiger partial charge on any atom is 0.416 e. The van der Waals surface area contributed by atoms with Gasteiger partial charge in [0.05, 0.1) is 13.5 Å². The van der Waals surface area contributed by atoms with E-state index in [1.165, 1.54) is 7.11 Å². The second kappa shape index (κ2) is 4.63. The number of para-hydroxylation sites is 1. The van der Waals surface area contributed by atoms with Gasteiger partial charge in [0.1, 0.15) is 0 Å². The van der Waals surface area contributed by atoms with Crippen LogP contribution in [0, 0.1) is 0 Å². The van der Waals surface area contributed by atoms with Crippen LogP contribution in [0.4, 0.5) is 0 Å². The van der Waals surface area contributed by atoms with Crippen LogP contribution in [0.15, 0.2) is 30.5 Å². The molecule has 0 aliphatic heterocycles. The van der Waals surface area contributed by atoms with Crippen molar-refractivity contribution in [2.45, 2.75) is 6.42 Å². The molecule has 0 atom stereocenters. The van der Waals surface area contributed by atoms with Crippen molar-refractivity contribution < 1.29 is 14.3 Å². The van der Waals surface area contributed by atoms with Crippen molar-refractivity contribution in [3.8, 4) is 0 Å². The first-order valence-corrected chi connectivity index (χ1v) is 5.10. The molecule has 1 heterocycles. The Labute approximate surface area is 97.6 Å². The fourth-order valence-corrected chi connectivity index (χ4v) is 1.72. The summed E-state index contributed by atoms with van der Waals surface area (Å²) in [6.45, 7) is 0. The Bertz CT molecular complexity index is 609. The van der Waals surface area contributed by atoms with Gasteiger partial charge in [-0.2, -0.15) is 4.79 Å². The Hall–Kier alpha value is -2.39. The summed E-state index contributed by atoms with van der Waals surface area (Å²) in [5.41, 5.74) is 10.6. The highest BCUT2D eigenvalue weighted by Crippen LogP contribution is 2.18. The summed E-state index contributed by atoms with van der Waals surface area (Å²) in [7, 11) is 1.25. The number of aromatic nitrogens is 1. The first kappa shape index (κ1) is 11.1. The Kier molecular flexibility index (Phi) is 3.03. The molecule has 0 aliphatic rings. The van der Waals surface area contributed by atoms with Gasteiger partial charge in [0.15, 0.2) is 0 Å². The highest BCUT2D eigenvalue weighted by atomic mass is 16.5. The van der Waals surface area contributed by atoms with E-state index in [9.17, 15) is 4.79 Å². The van der Waals surface area contributed by atoms with E-state index >= 15 is 0 Å². The van der Waals surface area contributed by atoms with E-state index in [4.69, 9.17) is 5.53 Å². The van der Waals surface area contributed by atoms with Crippen LogP contribution in [-0.4, -0.2) is 28.6 Å². The Balaban J connectivity index is 2.36. The predicted molar refractivity (Wildman–Crippen MR) is 62.6 cm³/mol. The van der Waals surface area contributed by atoms with Crippen molar-refractivity contribution in [3.05, 3.63) is 41.6 Å². The number of nitrogens with one attached hydrogen (secondary N) is 1. The van der Waals surface area contributed by atoms with Crippen molar-refractivity contribution in [1.82, 2.24) is 4.98 Å². The standard InChI is InChI=1S/C12H11N3O2/c1-17-12(16)11(15-13)6-8-7-14-10-5-3-2-4-9(8)10/h2-5,7,14H,6H2,1H3. The lowest BCUT2D eigenvalue weighted by Crippen LogP contribution is -2.19. The number of hydrogen-bond acceptors (Lipinski definition) is 2. The van der Waals surface area contributed by atoms with Gasteiger partial charge in [0.2, 0.25) is 0 Å². The van der Waals surface area contributed by atoms with E-state index in [1.54, 1.807) is 6.20 Å². The lowest BCUT2D eigenvalue weighted by molar-refractivity contribution is -0.137. The SMILES string of the molecule is COC(=O)C(Cc1c[nH]c2ccccc12)=[N+]=[N-]. The highest BCUT2D eigenvalue weighted by molar-refractivity contribution is 6.34. The van der Waals surface area contributed by atoms with Gasteiger partial charge < -0.3 is 15.3 Å². The molecule has 0 aliphatic carbocycles. The number of benzene rings is 1. The molecule has 86 valence electrons. The lowest BCUT2D eigenvalue weighted by atomic mass is 10.1. The molecule has 5 heteroatoms. The summed E-state index contributed by atoms with van der Waals surface area (Å²) in [6.07, 6.45) is 2.02. The number of aromatic amines is 1. The zero-order chi connectivity index (χ0) is 12.3. The monoisotopic (exact) mass is 229 g/mol. The largest absolute Gasteiger partial charge is 0.460 e. The van der Waals surface area contributed by atoms with Gasteiger partial charge in [-0.3, -0.25) is 0 Å². The molecule has 0 spiro atoms. The molecule has 5 nitrogen and oxygen atoms in total. The fraction of sp³-hybridized carbons (Fsp3) is 0.167. The van der Waals surface area contributed by atoms with Crippen LogP contribution < -0.4 is 0 Å². The van der Waals surface area contributed by atoms with Gasteiger partial charge in [0.25, 0.3) is 0 Å². The van der Waals surface area contributed by atoms with Gasteiger partial charge >= 0.3 is 11.7 Å². The molecule has 17 heavy (non-hydrogen) atoms. The van der Waals surface area contributed by atoms with Crippen LogP contribution >= 0.6 is 0 Å². The second-order valence-corrected chi connectivity index (χ2v) is 3.57. The van der Waals surface area contributed by atoms with Crippen LogP contribution in [-0.2, 0) is 16.0 Å². The molecule has 0 bridgehead atoms. The van der Waals surface area contributed by atoms with E-state index in [0.717, 1.165) is 16.5 Å². The Morgan fingerprint density at radius 3 is 2.94 bits per heavy atom. The van der Waals surface area contributed by atoms with Crippen molar-refractivity contribution in [2.75, 3.05) is 7.11 Å². The third-order valence-corrected chi connectivity index (χ3v) is 2.57. The summed E-state index contributed by atoms with van der Waals surface area (Å²) >= 11 is 0. The van der Waals surface area contributed by atoms with E-state index in [-0.39, 0.29) is 12.1 Å². The van der Waals surface area contributed by atoms with Gasteiger partial charge in [-0.25, -0.2) is 4.79 Å². The number of carbonyl (C=O) groups is 1. The number of esters is 1. The zero-order valence-corrected chi connectivity index (χ0v) is 9.30. The molecule has 0 fully saturated rings. The van der Waals surface area contributed by atoms with Crippen LogP contribution in [0.3, 0.4) is 0 Å². The molecule has 0 radical (unpaired) electrons. The third kappa shape index (κ3) is 2.09. The average molecular weight is 229 g/mol. The first-order valence-electron chi connectivity index (χ1n) is 5.10. The predicted octanol–water partition coefficient (Wildman–Crippen LogP) is 1.55. The number of nitrogens with zero attached hydrogens (tertiary/aromatic N) is 2. The summed E-state index contributed by atoms with van der Waals surface area (Å²) in [4.78, 5) is 17.3. The minimum atomic E-state index is -0.627. The zero-order valence-electron chi connectivity index (χ0n) is 9.30. The summed E-state index contributed by atoms with van der Waals surface area (Å²) in [6, 6.07) is 7.71. The molecule has 1 N–H and O–H groups in total. The minimum Gasteiger partial charge on any atom is -0.460 e. The van der Waals surface area contributed by atoms with Gasteiger partial charge in [-0.15, -0.1) is 0 Å². The number of methoxy groups -OCH3 is 1. The number of H-pyrrole nitrogens is 1. The van der Waals surface area contributed by atoms with Crippen molar-refractivity contribution in [1.29, 1.82) is 0 Å². The quantitative estimate of drug-likeness (QED) is 0.375. The molecule has 0 saturated carbocycles. The van der Waals surface area contributed by atoms with E-state index in [1.807, 2.05) is 24.3 Å². The topological polar surface area (TPSA) is 78.5 Å². The van der Waals surface area contributed by atoms with E-state index in [0.29, 0.717) is 0 Å². The molecule has 1 aromatic heterocycles. The normalized spacial score (nSPS) is 9.94. The average Bonchev–Trinajstić information content (AvgIpc) is 2.78. The number of rotatable bonds is 3. The summed E-state index contributed by atoms with van der Waals surface area (Å²) in [5.74, 6) is -0.627. The summed E-state index contributed by atoms with van der Waals surface area (Å²) in [5, 5.41) is 0.998. The molecule has 1 aromatic carbocycles. The molecule has 0 amide bonds. The van der Waals surface area contributed by atoms with Crippen LogP contribution in [0.2, 0.25) is 0 Å². The van der Waals surface area contributed by atoms with Gasteiger partial charge in [-0.1, -0.05) is 18.2 Å². The van der Waals surface area contributed by atoms with Gasteiger partial charge in [-0.05, 0) is 11.6 Å². The van der Waals surface area contributed by atoms with Crippen LogP contribution in [0.5, 0.6) is 0 Å². The number of fused-ring (bicyclic) bond motifs is 1. The number of ether oxygens (including phenoxy) is 1. The molecule has 0 saturated heterocycles. The molecule has 2 aromatic rings. The number of hydrogen-bond donors (Lipinski definition) is 1. The third-order valence-electron chi connectivity index (χ3n) is 2.57. The maximum absolute atomic E-state index is 11.3. The lowest BCUT2D eigenvalue weighted by Gasteiger charge is -1.95. The van der Waals surface area contributed by atoms with Crippen molar-refractivity contribution >= 4 is 22.6 Å². The van der Waals surface area contributed by atoms with E-state index in [2.05, 4.69) is 14.5 Å². The maximum atomic E-state index is 11.3. The highest BCUT2D eigenvalue weighted by Gasteiger charge is 2.22. The molecular formula is C12H11N3O2. The first-order chi connectivity index (χ1) is 8.26. The Morgan fingerprint density at radius 2 is 2.24 bits per heavy atom. The summed E-state index contributed by atoms with van der Waals surface area (Å²) < 4.78 is 4.52. The van der Waals surface area contributed by atoms with Crippen molar-refractivity contribution in [2.24, 2.45) is 0 Å². The second-order valence-electron chi connectivity index (χ2n) is 3.57. The molecule has 0 unspecified atom stereocenters. The fourth-order valence-electron chi connectivity index (χ4n) is 1.72. The van der Waals surface area contributed by atoms with E-state index < -0.39 is 5.97 Å². The van der Waals surface area contributed by atoms with Crippen LogP contribution in [0.1, 0.15) is 5.56 Å². The van der Waals surface area contributed by atoms with Crippen molar-refractivity contribution in [3.63, 3.8) is 0 Å². The van der Waals surface area contributed by atoms with Crippen LogP contribution in [0.25, 0.3) is 16.4 Å². The van der Waals surface area contributed by atoms with Gasteiger partial charge in [0, 0.05) is 17.1 Å². The molecule has 2 rings (SSSR count).